The maximum Gasteiger partial charge on any atom is 0.274 e. The summed E-state index contributed by atoms with van der Waals surface area (Å²) in [7, 11) is 0. The van der Waals surface area contributed by atoms with E-state index in [1.165, 1.54) is 4.68 Å². The summed E-state index contributed by atoms with van der Waals surface area (Å²) in [6, 6.07) is 7.38. The van der Waals surface area contributed by atoms with Crippen molar-refractivity contribution in [3.8, 4) is 0 Å². The molecule has 2 rings (SSSR count). The van der Waals surface area contributed by atoms with E-state index in [9.17, 15) is 4.79 Å². The standard InChI is InChI=1S/C14H19N3O/c1-4-17-14(18)11-8-6-5-7-10(11)13(16-17)12(15)9(2)3/h5-9,12H,4,15H2,1-3H3. The monoisotopic (exact) mass is 245 g/mol. The largest absolute Gasteiger partial charge is 0.322 e. The molecule has 96 valence electrons. The van der Waals surface area contributed by atoms with Gasteiger partial charge in [0.05, 0.1) is 17.1 Å². The molecule has 2 aromatic rings. The van der Waals surface area contributed by atoms with Gasteiger partial charge >= 0.3 is 0 Å². The molecule has 0 amide bonds. The number of benzene rings is 1. The third-order valence-corrected chi connectivity index (χ3v) is 3.23. The van der Waals surface area contributed by atoms with E-state index in [2.05, 4.69) is 18.9 Å². The van der Waals surface area contributed by atoms with Crippen molar-refractivity contribution >= 4 is 10.8 Å². The number of hydrogen-bond donors (Lipinski definition) is 1. The van der Waals surface area contributed by atoms with Gasteiger partial charge < -0.3 is 5.73 Å². The first-order valence-corrected chi connectivity index (χ1v) is 6.31. The van der Waals surface area contributed by atoms with E-state index in [0.717, 1.165) is 11.1 Å². The maximum atomic E-state index is 12.2. The van der Waals surface area contributed by atoms with Gasteiger partial charge in [-0.1, -0.05) is 32.0 Å². The zero-order chi connectivity index (χ0) is 13.3. The third kappa shape index (κ3) is 2.04. The van der Waals surface area contributed by atoms with Gasteiger partial charge in [0, 0.05) is 11.9 Å². The molecule has 1 aromatic carbocycles. The van der Waals surface area contributed by atoms with E-state index in [4.69, 9.17) is 5.73 Å². The van der Waals surface area contributed by atoms with Crippen molar-refractivity contribution in [1.29, 1.82) is 0 Å². The van der Waals surface area contributed by atoms with Crippen molar-refractivity contribution in [3.05, 3.63) is 40.3 Å². The summed E-state index contributed by atoms with van der Waals surface area (Å²) in [5.41, 5.74) is 6.96. The van der Waals surface area contributed by atoms with E-state index < -0.39 is 0 Å². The summed E-state index contributed by atoms with van der Waals surface area (Å²) in [6.07, 6.45) is 0. The number of nitrogens with two attached hydrogens (primary N) is 1. The number of rotatable bonds is 3. The Balaban J connectivity index is 2.80. The second-order valence-electron chi connectivity index (χ2n) is 4.82. The zero-order valence-electron chi connectivity index (χ0n) is 11.1. The quantitative estimate of drug-likeness (QED) is 0.900. The van der Waals surface area contributed by atoms with Crippen LogP contribution in [0.3, 0.4) is 0 Å². The molecular formula is C14H19N3O. The van der Waals surface area contributed by atoms with Gasteiger partial charge in [-0.15, -0.1) is 0 Å². The van der Waals surface area contributed by atoms with Gasteiger partial charge in [-0.25, -0.2) is 4.68 Å². The van der Waals surface area contributed by atoms with Crippen LogP contribution in [0, 0.1) is 5.92 Å². The van der Waals surface area contributed by atoms with Crippen molar-refractivity contribution in [2.75, 3.05) is 0 Å². The Labute approximate surface area is 106 Å². The van der Waals surface area contributed by atoms with E-state index in [1.807, 2.05) is 31.2 Å². The minimum atomic E-state index is -0.159. The van der Waals surface area contributed by atoms with Crippen molar-refractivity contribution in [2.45, 2.75) is 33.4 Å². The summed E-state index contributed by atoms with van der Waals surface area (Å²) < 4.78 is 1.49. The first-order chi connectivity index (χ1) is 8.56. The van der Waals surface area contributed by atoms with Crippen LogP contribution in [0.2, 0.25) is 0 Å². The molecule has 1 heterocycles. The molecular weight excluding hydrogens is 226 g/mol. The van der Waals surface area contributed by atoms with Crippen LogP contribution >= 0.6 is 0 Å². The predicted octanol–water partition coefficient (Wildman–Crippen LogP) is 2.07. The van der Waals surface area contributed by atoms with Crippen molar-refractivity contribution in [2.24, 2.45) is 11.7 Å². The van der Waals surface area contributed by atoms with Crippen molar-refractivity contribution in [1.82, 2.24) is 9.78 Å². The summed E-state index contributed by atoms with van der Waals surface area (Å²) in [5.74, 6) is 0.281. The molecule has 4 nitrogen and oxygen atoms in total. The normalized spacial score (nSPS) is 13.2. The molecule has 2 N–H and O–H groups in total. The van der Waals surface area contributed by atoms with Crippen LogP contribution < -0.4 is 11.3 Å². The van der Waals surface area contributed by atoms with E-state index in [0.29, 0.717) is 11.9 Å². The van der Waals surface area contributed by atoms with Crippen LogP contribution in [0.5, 0.6) is 0 Å². The molecule has 0 bridgehead atoms. The summed E-state index contributed by atoms with van der Waals surface area (Å²) in [4.78, 5) is 12.2. The average molecular weight is 245 g/mol. The fourth-order valence-electron chi connectivity index (χ4n) is 2.04. The van der Waals surface area contributed by atoms with E-state index in [1.54, 1.807) is 0 Å². The van der Waals surface area contributed by atoms with Crippen LogP contribution in [0.15, 0.2) is 29.1 Å². The predicted molar refractivity (Wildman–Crippen MR) is 73.4 cm³/mol. The highest BCUT2D eigenvalue weighted by Crippen LogP contribution is 2.23. The summed E-state index contributed by atoms with van der Waals surface area (Å²) in [6.45, 7) is 6.58. The minimum Gasteiger partial charge on any atom is -0.322 e. The van der Waals surface area contributed by atoms with Crippen LogP contribution in [-0.2, 0) is 6.54 Å². The fourth-order valence-corrected chi connectivity index (χ4v) is 2.04. The van der Waals surface area contributed by atoms with Crippen LogP contribution in [-0.4, -0.2) is 9.78 Å². The van der Waals surface area contributed by atoms with Crippen LogP contribution in [0.4, 0.5) is 0 Å². The molecule has 0 aliphatic carbocycles. The van der Waals surface area contributed by atoms with Gasteiger partial charge in [0.1, 0.15) is 0 Å². The van der Waals surface area contributed by atoms with Crippen LogP contribution in [0.1, 0.15) is 32.5 Å². The van der Waals surface area contributed by atoms with Crippen molar-refractivity contribution in [3.63, 3.8) is 0 Å². The SMILES string of the molecule is CCn1nc(C(N)C(C)C)c2ccccc2c1=O. The number of aryl methyl sites for hydroxylation is 1. The summed E-state index contributed by atoms with van der Waals surface area (Å²) >= 11 is 0. The third-order valence-electron chi connectivity index (χ3n) is 3.23. The molecule has 4 heteroatoms. The average Bonchev–Trinajstić information content (AvgIpc) is 2.38. The lowest BCUT2D eigenvalue weighted by Gasteiger charge is -2.18. The highest BCUT2D eigenvalue weighted by atomic mass is 16.1. The topological polar surface area (TPSA) is 60.9 Å². The Morgan fingerprint density at radius 2 is 1.89 bits per heavy atom. The number of hydrogen-bond acceptors (Lipinski definition) is 3. The zero-order valence-corrected chi connectivity index (χ0v) is 11.1. The molecule has 1 unspecified atom stereocenters. The Bertz CT molecular complexity index is 616. The number of nitrogens with zero attached hydrogens (tertiary/aromatic N) is 2. The lowest BCUT2D eigenvalue weighted by atomic mass is 9.98. The second kappa shape index (κ2) is 4.90. The molecule has 0 fully saturated rings. The number of fused-ring (bicyclic) bond motifs is 1. The van der Waals surface area contributed by atoms with E-state index >= 15 is 0 Å². The van der Waals surface area contributed by atoms with Crippen LogP contribution in [0.25, 0.3) is 10.8 Å². The fraction of sp³-hybridized carbons (Fsp3) is 0.429. The van der Waals surface area contributed by atoms with Gasteiger partial charge in [-0.3, -0.25) is 4.79 Å². The molecule has 1 aromatic heterocycles. The van der Waals surface area contributed by atoms with E-state index in [-0.39, 0.29) is 17.5 Å². The van der Waals surface area contributed by atoms with Gasteiger partial charge in [0.15, 0.2) is 0 Å². The Hall–Kier alpha value is -1.68. The molecule has 0 saturated carbocycles. The molecule has 0 spiro atoms. The molecule has 0 aliphatic heterocycles. The minimum absolute atomic E-state index is 0.0483. The van der Waals surface area contributed by atoms with Gasteiger partial charge in [-0.05, 0) is 18.9 Å². The maximum absolute atomic E-state index is 12.2. The smallest absolute Gasteiger partial charge is 0.274 e. The van der Waals surface area contributed by atoms with Gasteiger partial charge in [0.2, 0.25) is 0 Å². The Morgan fingerprint density at radius 3 is 2.44 bits per heavy atom. The molecule has 1 atom stereocenters. The molecule has 18 heavy (non-hydrogen) atoms. The van der Waals surface area contributed by atoms with Gasteiger partial charge in [-0.2, -0.15) is 5.10 Å². The summed E-state index contributed by atoms with van der Waals surface area (Å²) in [5, 5.41) is 5.98. The molecule has 0 radical (unpaired) electrons. The molecule has 0 aliphatic rings. The number of aromatic nitrogens is 2. The highest BCUT2D eigenvalue weighted by Gasteiger charge is 2.18. The molecule has 0 saturated heterocycles. The Morgan fingerprint density at radius 1 is 1.28 bits per heavy atom. The lowest BCUT2D eigenvalue weighted by molar-refractivity contribution is 0.483. The Kier molecular flexibility index (Phi) is 3.48. The first-order valence-electron chi connectivity index (χ1n) is 6.31. The van der Waals surface area contributed by atoms with Crippen molar-refractivity contribution < 1.29 is 0 Å². The highest BCUT2D eigenvalue weighted by molar-refractivity contribution is 5.83. The lowest BCUT2D eigenvalue weighted by Crippen LogP contribution is -2.28. The second-order valence-corrected chi connectivity index (χ2v) is 4.82. The first kappa shape index (κ1) is 12.8. The van der Waals surface area contributed by atoms with Gasteiger partial charge in [0.25, 0.3) is 5.56 Å².